The van der Waals surface area contributed by atoms with Gasteiger partial charge in [-0.05, 0) is 51.4 Å². The molecule has 2 unspecified atom stereocenters. The van der Waals surface area contributed by atoms with E-state index in [-0.39, 0.29) is 19.4 Å². The molecule has 0 rings (SSSR count). The van der Waals surface area contributed by atoms with Crippen molar-refractivity contribution in [3.8, 4) is 0 Å². The number of hydrogen-bond donors (Lipinski definition) is 1. The lowest BCUT2D eigenvalue weighted by molar-refractivity contribution is -0.161. The van der Waals surface area contributed by atoms with Crippen LogP contribution >= 0.6 is 7.82 Å². The molecule has 0 heterocycles. The van der Waals surface area contributed by atoms with E-state index < -0.39 is 32.5 Å². The molecule has 0 spiro atoms. The Hall–Kier alpha value is -2.51. The maximum atomic E-state index is 12.4. The van der Waals surface area contributed by atoms with Crippen LogP contribution in [0.1, 0.15) is 155 Å². The van der Waals surface area contributed by atoms with E-state index in [1.807, 2.05) is 12.2 Å². The molecule has 0 saturated carbocycles. The molecule has 0 aromatic carbocycles. The van der Waals surface area contributed by atoms with Crippen molar-refractivity contribution in [2.75, 3.05) is 20.3 Å². The Morgan fingerprint density at radius 2 is 1.00 bits per heavy atom. The van der Waals surface area contributed by atoms with Crippen molar-refractivity contribution in [2.45, 2.75) is 161 Å². The van der Waals surface area contributed by atoms with Crippen LogP contribution in [0.2, 0.25) is 0 Å². The molecule has 0 bridgehead atoms. The summed E-state index contributed by atoms with van der Waals surface area (Å²) in [4.78, 5) is 34.3. The van der Waals surface area contributed by atoms with E-state index in [0.29, 0.717) is 6.42 Å². The third-order valence-corrected chi connectivity index (χ3v) is 8.92. The maximum Gasteiger partial charge on any atom is 0.472 e. The molecular weight excluding hydrogens is 663 g/mol. The molecule has 0 fully saturated rings. The van der Waals surface area contributed by atoms with Gasteiger partial charge in [0.2, 0.25) is 0 Å². The van der Waals surface area contributed by atoms with Crippen LogP contribution < -0.4 is 0 Å². The second kappa shape index (κ2) is 37.3. The van der Waals surface area contributed by atoms with Crippen molar-refractivity contribution in [3.63, 3.8) is 0 Å². The van der Waals surface area contributed by atoms with Crippen molar-refractivity contribution in [3.05, 3.63) is 72.9 Å². The number of allylic oxidation sites excluding steroid dienone is 12. The van der Waals surface area contributed by atoms with Crippen molar-refractivity contribution < 1.29 is 37.6 Å². The van der Waals surface area contributed by atoms with Crippen LogP contribution in [-0.2, 0) is 32.7 Å². The van der Waals surface area contributed by atoms with Gasteiger partial charge in [-0.15, -0.1) is 0 Å². The molecule has 292 valence electrons. The molecule has 0 aliphatic heterocycles. The fourth-order valence-electron chi connectivity index (χ4n) is 4.98. The summed E-state index contributed by atoms with van der Waals surface area (Å²) in [7, 11) is -3.24. The maximum absolute atomic E-state index is 12.4. The Balaban J connectivity index is 4.20. The van der Waals surface area contributed by atoms with Crippen molar-refractivity contribution >= 4 is 19.8 Å². The SMILES string of the molecule is CC/C=C\C/C=C\C/C=C\C/C=C\C/C=C\C/C=C\CCC(=O)OC(COC(=O)CCCCCCCCCCCCCCC)COP(=O)(O)OC. The third kappa shape index (κ3) is 37.1. The van der Waals surface area contributed by atoms with E-state index in [9.17, 15) is 19.0 Å². The number of carbonyl (C=O) groups excluding carboxylic acids is 2. The van der Waals surface area contributed by atoms with E-state index >= 15 is 0 Å². The molecule has 9 heteroatoms. The number of esters is 2. The highest BCUT2D eigenvalue weighted by Gasteiger charge is 2.24. The van der Waals surface area contributed by atoms with Gasteiger partial charge in [-0.25, -0.2) is 4.57 Å². The first-order valence-corrected chi connectivity index (χ1v) is 21.1. The quantitative estimate of drug-likeness (QED) is 0.0297. The molecule has 0 aliphatic carbocycles. The molecule has 1 N–H and O–H groups in total. The molecule has 0 aromatic rings. The summed E-state index contributed by atoms with van der Waals surface area (Å²) in [6, 6.07) is 0. The van der Waals surface area contributed by atoms with Crippen molar-refractivity contribution in [2.24, 2.45) is 0 Å². The monoisotopic (exact) mass is 734 g/mol. The predicted molar refractivity (Wildman–Crippen MR) is 211 cm³/mol. The average Bonchev–Trinajstić information content (AvgIpc) is 3.12. The fourth-order valence-corrected chi connectivity index (χ4v) is 5.44. The predicted octanol–water partition coefficient (Wildman–Crippen LogP) is 12.2. The first-order valence-electron chi connectivity index (χ1n) is 19.6. The lowest BCUT2D eigenvalue weighted by atomic mass is 10.0. The Bertz CT molecular complexity index is 1060. The third-order valence-electron chi connectivity index (χ3n) is 7.98. The minimum Gasteiger partial charge on any atom is -0.462 e. The van der Waals surface area contributed by atoms with Crippen LogP contribution in [0.3, 0.4) is 0 Å². The zero-order chi connectivity index (χ0) is 37.5. The summed E-state index contributed by atoms with van der Waals surface area (Å²) in [5.74, 6) is -0.906. The van der Waals surface area contributed by atoms with Gasteiger partial charge in [0.1, 0.15) is 6.61 Å². The van der Waals surface area contributed by atoms with Crippen LogP contribution in [-0.4, -0.2) is 43.3 Å². The standard InChI is InChI=1S/C42H71O8P/c1-4-6-8-10-12-14-16-18-19-20-21-22-23-25-27-29-31-33-35-37-42(44)50-40(39-49-51(45,46)47-3)38-48-41(43)36-34-32-30-28-26-24-17-15-13-11-9-7-5-2/h6,8,12,14,18-19,21-22,25,27,31,33,40H,4-5,7,9-11,13,15-17,20,23-24,26,28-30,32,34-39H2,1-3H3,(H,45,46)/b8-6-,14-12-,19-18-,22-21-,27-25-,33-31-. The molecule has 8 nitrogen and oxygen atoms in total. The second-order valence-electron chi connectivity index (χ2n) is 12.7. The highest BCUT2D eigenvalue weighted by molar-refractivity contribution is 7.47. The summed E-state index contributed by atoms with van der Waals surface area (Å²) in [6.45, 7) is 3.69. The Morgan fingerprint density at radius 3 is 1.45 bits per heavy atom. The molecular formula is C42H71O8P. The van der Waals surface area contributed by atoms with E-state index in [0.717, 1.165) is 64.9 Å². The van der Waals surface area contributed by atoms with Gasteiger partial charge in [-0.3, -0.25) is 18.6 Å². The minimum absolute atomic E-state index is 0.118. The Labute approximate surface area is 311 Å². The first-order chi connectivity index (χ1) is 24.8. The minimum atomic E-state index is -4.28. The number of rotatable bonds is 35. The van der Waals surface area contributed by atoms with Gasteiger partial charge in [-0.1, -0.05) is 164 Å². The molecule has 0 amide bonds. The van der Waals surface area contributed by atoms with Gasteiger partial charge in [0, 0.05) is 20.0 Å². The van der Waals surface area contributed by atoms with E-state index in [1.165, 1.54) is 64.2 Å². The van der Waals surface area contributed by atoms with Crippen LogP contribution in [0.15, 0.2) is 72.9 Å². The van der Waals surface area contributed by atoms with E-state index in [1.54, 1.807) is 0 Å². The van der Waals surface area contributed by atoms with Gasteiger partial charge in [0.25, 0.3) is 0 Å². The highest BCUT2D eigenvalue weighted by Crippen LogP contribution is 2.42. The van der Waals surface area contributed by atoms with Gasteiger partial charge < -0.3 is 14.4 Å². The number of phosphoric acid groups is 1. The van der Waals surface area contributed by atoms with Crippen molar-refractivity contribution in [1.82, 2.24) is 0 Å². The number of ether oxygens (including phenoxy) is 2. The summed E-state index contributed by atoms with van der Waals surface area (Å²) in [5, 5.41) is 0. The highest BCUT2D eigenvalue weighted by atomic mass is 31.2. The lowest BCUT2D eigenvalue weighted by Crippen LogP contribution is -2.29. The Kier molecular flexibility index (Phi) is 35.4. The molecule has 2 atom stereocenters. The molecule has 51 heavy (non-hydrogen) atoms. The largest absolute Gasteiger partial charge is 0.472 e. The van der Waals surface area contributed by atoms with Gasteiger partial charge in [0.15, 0.2) is 6.10 Å². The summed E-state index contributed by atoms with van der Waals surface area (Å²) in [6.07, 6.45) is 46.8. The molecule has 0 radical (unpaired) electrons. The van der Waals surface area contributed by atoms with Gasteiger partial charge >= 0.3 is 19.8 Å². The Morgan fingerprint density at radius 1 is 0.569 bits per heavy atom. The van der Waals surface area contributed by atoms with Crippen LogP contribution in [0.25, 0.3) is 0 Å². The summed E-state index contributed by atoms with van der Waals surface area (Å²) in [5.41, 5.74) is 0. The summed E-state index contributed by atoms with van der Waals surface area (Å²) < 4.78 is 31.8. The van der Waals surface area contributed by atoms with Crippen LogP contribution in [0.5, 0.6) is 0 Å². The second-order valence-corrected chi connectivity index (χ2v) is 14.2. The fraction of sp³-hybridized carbons (Fsp3) is 0.667. The smallest absolute Gasteiger partial charge is 0.462 e. The molecule has 0 aromatic heterocycles. The van der Waals surface area contributed by atoms with E-state index in [4.69, 9.17) is 14.0 Å². The average molecular weight is 735 g/mol. The lowest BCUT2D eigenvalue weighted by Gasteiger charge is -2.19. The van der Waals surface area contributed by atoms with Crippen molar-refractivity contribution in [1.29, 1.82) is 0 Å². The zero-order valence-electron chi connectivity index (χ0n) is 32.2. The molecule has 0 aliphatic rings. The number of phosphoric ester groups is 1. The van der Waals surface area contributed by atoms with Gasteiger partial charge in [-0.2, -0.15) is 0 Å². The van der Waals surface area contributed by atoms with Gasteiger partial charge in [0.05, 0.1) is 6.61 Å². The topological polar surface area (TPSA) is 108 Å². The first kappa shape index (κ1) is 48.5. The van der Waals surface area contributed by atoms with Crippen LogP contribution in [0.4, 0.5) is 0 Å². The number of carbonyl (C=O) groups is 2. The number of unbranched alkanes of at least 4 members (excludes halogenated alkanes) is 12. The number of hydrogen-bond acceptors (Lipinski definition) is 7. The zero-order valence-corrected chi connectivity index (χ0v) is 33.1. The van der Waals surface area contributed by atoms with E-state index in [2.05, 4.69) is 79.1 Å². The normalized spacial score (nSPS) is 14.2. The molecule has 0 saturated heterocycles. The van der Waals surface area contributed by atoms with Crippen LogP contribution in [0, 0.1) is 0 Å². The summed E-state index contributed by atoms with van der Waals surface area (Å²) >= 11 is 0.